The van der Waals surface area contributed by atoms with Crippen molar-refractivity contribution in [3.05, 3.63) is 95.1 Å². The van der Waals surface area contributed by atoms with Gasteiger partial charge in [0.2, 0.25) is 0 Å². The van der Waals surface area contributed by atoms with Gasteiger partial charge in [-0.2, -0.15) is 0 Å². The Morgan fingerprint density at radius 2 is 1.66 bits per heavy atom. The number of aryl methyl sites for hydroxylation is 1. The SMILES string of the molecule is COC(=O)c1ccc(CO[C@H](CN2CCN(C(=O)Nc3ccccc3C)CC2)c2cccc(OC)c2)cc1. The normalized spacial score (nSPS) is 14.6. The number of anilines is 1. The van der Waals surface area contributed by atoms with E-state index < -0.39 is 0 Å². The summed E-state index contributed by atoms with van der Waals surface area (Å²) in [7, 11) is 3.02. The van der Waals surface area contributed by atoms with E-state index in [1.165, 1.54) is 7.11 Å². The van der Waals surface area contributed by atoms with Crippen molar-refractivity contribution in [2.45, 2.75) is 19.6 Å². The Morgan fingerprint density at radius 1 is 0.921 bits per heavy atom. The molecule has 4 rings (SSSR count). The van der Waals surface area contributed by atoms with E-state index in [9.17, 15) is 9.59 Å². The Balaban J connectivity index is 1.38. The van der Waals surface area contributed by atoms with Crippen LogP contribution in [-0.4, -0.2) is 68.7 Å². The van der Waals surface area contributed by atoms with Gasteiger partial charge in [-0.25, -0.2) is 9.59 Å². The standard InChI is InChI=1S/C30H35N3O5/c1-22-7-4-5-10-27(22)31-30(35)33-17-15-32(16-18-33)20-28(25-8-6-9-26(19-25)36-2)38-21-23-11-13-24(14-12-23)29(34)37-3/h4-14,19,28H,15-18,20-21H2,1-3H3,(H,31,35)/t28-/m1/s1. The molecule has 0 bridgehead atoms. The number of benzene rings is 3. The van der Waals surface area contributed by atoms with E-state index in [2.05, 4.69) is 10.2 Å². The molecule has 1 heterocycles. The lowest BCUT2D eigenvalue weighted by atomic mass is 10.1. The second kappa shape index (κ2) is 13.1. The van der Waals surface area contributed by atoms with Gasteiger partial charge in [0.15, 0.2) is 0 Å². The molecule has 0 unspecified atom stereocenters. The average molecular weight is 518 g/mol. The number of hydrogen-bond acceptors (Lipinski definition) is 6. The number of para-hydroxylation sites is 1. The highest BCUT2D eigenvalue weighted by atomic mass is 16.5. The van der Waals surface area contributed by atoms with Crippen molar-refractivity contribution in [1.82, 2.24) is 9.80 Å². The zero-order valence-electron chi connectivity index (χ0n) is 22.2. The zero-order valence-corrected chi connectivity index (χ0v) is 22.2. The number of methoxy groups -OCH3 is 2. The van der Waals surface area contributed by atoms with E-state index in [0.29, 0.717) is 31.8 Å². The number of hydrogen-bond donors (Lipinski definition) is 1. The van der Waals surface area contributed by atoms with Crippen LogP contribution < -0.4 is 10.1 Å². The van der Waals surface area contributed by atoms with Gasteiger partial charge < -0.3 is 24.4 Å². The first-order chi connectivity index (χ1) is 18.5. The van der Waals surface area contributed by atoms with Crippen LogP contribution in [0.25, 0.3) is 0 Å². The quantitative estimate of drug-likeness (QED) is 0.407. The molecule has 0 aromatic heterocycles. The summed E-state index contributed by atoms with van der Waals surface area (Å²) in [4.78, 5) is 28.7. The van der Waals surface area contributed by atoms with Gasteiger partial charge >= 0.3 is 12.0 Å². The van der Waals surface area contributed by atoms with Crippen LogP contribution in [0.5, 0.6) is 5.75 Å². The number of esters is 1. The van der Waals surface area contributed by atoms with Gasteiger partial charge in [-0.15, -0.1) is 0 Å². The van der Waals surface area contributed by atoms with Crippen molar-refractivity contribution < 1.29 is 23.8 Å². The van der Waals surface area contributed by atoms with E-state index in [1.54, 1.807) is 19.2 Å². The summed E-state index contributed by atoms with van der Waals surface area (Å²) in [6.07, 6.45) is -0.197. The van der Waals surface area contributed by atoms with Crippen molar-refractivity contribution in [3.63, 3.8) is 0 Å². The number of amides is 2. The van der Waals surface area contributed by atoms with E-state index in [1.807, 2.05) is 72.5 Å². The van der Waals surface area contributed by atoms with Crippen LogP contribution in [0.2, 0.25) is 0 Å². The average Bonchev–Trinajstić information content (AvgIpc) is 2.96. The Bertz CT molecular complexity index is 1220. The first-order valence-electron chi connectivity index (χ1n) is 12.7. The van der Waals surface area contributed by atoms with Gasteiger partial charge in [-0.1, -0.05) is 42.5 Å². The summed E-state index contributed by atoms with van der Waals surface area (Å²) >= 11 is 0. The molecule has 200 valence electrons. The van der Waals surface area contributed by atoms with Crippen LogP contribution >= 0.6 is 0 Å². The van der Waals surface area contributed by atoms with Gasteiger partial charge in [0, 0.05) is 38.4 Å². The van der Waals surface area contributed by atoms with Crippen LogP contribution in [0.4, 0.5) is 10.5 Å². The molecule has 1 saturated heterocycles. The highest BCUT2D eigenvalue weighted by Crippen LogP contribution is 2.25. The number of nitrogens with zero attached hydrogens (tertiary/aromatic N) is 2. The number of carbonyl (C=O) groups is 2. The number of rotatable bonds is 9. The summed E-state index contributed by atoms with van der Waals surface area (Å²) < 4.78 is 16.6. The van der Waals surface area contributed by atoms with E-state index in [4.69, 9.17) is 14.2 Å². The highest BCUT2D eigenvalue weighted by molar-refractivity contribution is 5.90. The van der Waals surface area contributed by atoms with Crippen molar-refractivity contribution in [3.8, 4) is 5.75 Å². The van der Waals surface area contributed by atoms with E-state index in [-0.39, 0.29) is 18.1 Å². The monoisotopic (exact) mass is 517 g/mol. The summed E-state index contributed by atoms with van der Waals surface area (Å²) in [5, 5.41) is 3.03. The summed E-state index contributed by atoms with van der Waals surface area (Å²) in [5.41, 5.74) is 4.37. The summed E-state index contributed by atoms with van der Waals surface area (Å²) in [6, 6.07) is 22.9. The molecule has 1 atom stereocenters. The largest absolute Gasteiger partial charge is 0.497 e. The van der Waals surface area contributed by atoms with E-state index in [0.717, 1.165) is 41.2 Å². The minimum Gasteiger partial charge on any atom is -0.497 e. The fourth-order valence-electron chi connectivity index (χ4n) is 4.42. The molecule has 2 amide bonds. The Kier molecular flexibility index (Phi) is 9.35. The van der Waals surface area contributed by atoms with Crippen LogP contribution in [0.3, 0.4) is 0 Å². The number of nitrogens with one attached hydrogen (secondary N) is 1. The molecule has 3 aromatic rings. The maximum Gasteiger partial charge on any atom is 0.337 e. The lowest BCUT2D eigenvalue weighted by Gasteiger charge is -2.36. The van der Waals surface area contributed by atoms with Crippen molar-refractivity contribution in [1.29, 1.82) is 0 Å². The minimum absolute atomic E-state index is 0.0741. The molecule has 3 aromatic carbocycles. The van der Waals surface area contributed by atoms with Crippen molar-refractivity contribution in [2.24, 2.45) is 0 Å². The third-order valence-corrected chi connectivity index (χ3v) is 6.76. The van der Waals surface area contributed by atoms with Gasteiger partial charge in [0.25, 0.3) is 0 Å². The van der Waals surface area contributed by atoms with Crippen LogP contribution in [-0.2, 0) is 16.1 Å². The molecule has 0 saturated carbocycles. The first kappa shape index (κ1) is 27.2. The Morgan fingerprint density at radius 3 is 2.34 bits per heavy atom. The molecule has 8 nitrogen and oxygen atoms in total. The first-order valence-corrected chi connectivity index (χ1v) is 12.7. The lowest BCUT2D eigenvalue weighted by molar-refractivity contribution is 0.00582. The molecule has 1 fully saturated rings. The van der Waals surface area contributed by atoms with Crippen molar-refractivity contribution in [2.75, 3.05) is 52.3 Å². The fraction of sp³-hybridized carbons (Fsp3) is 0.333. The Hall–Kier alpha value is -3.88. The number of carbonyl (C=O) groups excluding carboxylic acids is 2. The van der Waals surface area contributed by atoms with Crippen molar-refractivity contribution >= 4 is 17.7 Å². The maximum atomic E-state index is 12.8. The number of piperazine rings is 1. The summed E-state index contributed by atoms with van der Waals surface area (Å²) in [6.45, 7) is 5.83. The van der Waals surface area contributed by atoms with Crippen LogP contribution in [0.15, 0.2) is 72.8 Å². The number of urea groups is 1. The third-order valence-electron chi connectivity index (χ3n) is 6.76. The second-order valence-electron chi connectivity index (χ2n) is 9.30. The molecule has 0 spiro atoms. The maximum absolute atomic E-state index is 12.8. The Labute approximate surface area is 224 Å². The molecule has 1 aliphatic heterocycles. The molecule has 1 N–H and O–H groups in total. The molecule has 0 aliphatic carbocycles. The van der Waals surface area contributed by atoms with Crippen LogP contribution in [0, 0.1) is 6.92 Å². The summed E-state index contributed by atoms with van der Waals surface area (Å²) in [5.74, 6) is 0.412. The van der Waals surface area contributed by atoms with Crippen LogP contribution in [0.1, 0.15) is 33.2 Å². The molecule has 38 heavy (non-hydrogen) atoms. The molecule has 0 radical (unpaired) electrons. The third kappa shape index (κ3) is 7.12. The predicted molar refractivity (Wildman–Crippen MR) is 147 cm³/mol. The topological polar surface area (TPSA) is 80.3 Å². The second-order valence-corrected chi connectivity index (χ2v) is 9.30. The highest BCUT2D eigenvalue weighted by Gasteiger charge is 2.25. The number of ether oxygens (including phenoxy) is 3. The molecular weight excluding hydrogens is 482 g/mol. The fourth-order valence-corrected chi connectivity index (χ4v) is 4.42. The zero-order chi connectivity index (χ0) is 26.9. The molecule has 8 heteroatoms. The van der Waals surface area contributed by atoms with Gasteiger partial charge in [0.05, 0.1) is 32.5 Å². The minimum atomic E-state index is -0.363. The lowest BCUT2D eigenvalue weighted by Crippen LogP contribution is -2.50. The van der Waals surface area contributed by atoms with Gasteiger partial charge in [-0.3, -0.25) is 4.90 Å². The molecule has 1 aliphatic rings. The van der Waals surface area contributed by atoms with Gasteiger partial charge in [-0.05, 0) is 53.9 Å². The predicted octanol–water partition coefficient (Wildman–Crippen LogP) is 4.90. The van der Waals surface area contributed by atoms with Gasteiger partial charge in [0.1, 0.15) is 5.75 Å². The smallest absolute Gasteiger partial charge is 0.337 e. The van der Waals surface area contributed by atoms with E-state index >= 15 is 0 Å². The molecular formula is C30H35N3O5.